The van der Waals surface area contributed by atoms with Gasteiger partial charge in [-0.15, -0.1) is 0 Å². The van der Waals surface area contributed by atoms with Crippen LogP contribution < -0.4 is 15.0 Å². The lowest BCUT2D eigenvalue weighted by Gasteiger charge is -2.36. The molecule has 3 aliphatic rings. The van der Waals surface area contributed by atoms with E-state index in [0.717, 1.165) is 43.5 Å². The van der Waals surface area contributed by atoms with Crippen molar-refractivity contribution in [2.45, 2.75) is 38.1 Å². The Morgan fingerprint density at radius 3 is 2.35 bits per heavy atom. The van der Waals surface area contributed by atoms with Crippen LogP contribution >= 0.6 is 0 Å². The van der Waals surface area contributed by atoms with E-state index in [0.29, 0.717) is 43.0 Å². The number of nitrogens with zero attached hydrogens (tertiary/aromatic N) is 3. The van der Waals surface area contributed by atoms with Crippen molar-refractivity contribution >= 4 is 29.2 Å². The van der Waals surface area contributed by atoms with Gasteiger partial charge in [0.1, 0.15) is 5.75 Å². The minimum Gasteiger partial charge on any atom is -0.495 e. The molecule has 2 aromatic rings. The van der Waals surface area contributed by atoms with Gasteiger partial charge in [-0.2, -0.15) is 0 Å². The Morgan fingerprint density at radius 1 is 0.912 bits per heavy atom. The zero-order valence-corrected chi connectivity index (χ0v) is 19.5. The number of nitrogens with one attached hydrogen (secondary N) is 1. The SMILES string of the molecule is COc1ccccc1N1CCN(C(=O)Nc2ccc3c(c2)C(=O)N(C2CCCCC2)C3=O)CC1. The standard InChI is InChI=1S/C26H30N4O4/c1-34-23-10-6-5-9-22(23)28-13-15-29(16-14-28)26(33)27-18-11-12-20-21(17-18)25(32)30(24(20)31)19-7-3-2-4-8-19/h5-6,9-12,17,19H,2-4,7-8,13-16H2,1H3,(H,27,33). The van der Waals surface area contributed by atoms with E-state index < -0.39 is 0 Å². The van der Waals surface area contributed by atoms with Gasteiger partial charge in [-0.25, -0.2) is 4.79 Å². The summed E-state index contributed by atoms with van der Waals surface area (Å²) in [5.41, 5.74) is 2.37. The molecule has 2 aliphatic heterocycles. The molecule has 1 saturated heterocycles. The predicted molar refractivity (Wildman–Crippen MR) is 130 cm³/mol. The van der Waals surface area contributed by atoms with Crippen LogP contribution in [0.4, 0.5) is 16.2 Å². The number of carbonyl (C=O) groups excluding carboxylic acids is 3. The molecule has 5 rings (SSSR count). The molecule has 8 heteroatoms. The maximum Gasteiger partial charge on any atom is 0.321 e. The molecule has 34 heavy (non-hydrogen) atoms. The molecule has 1 saturated carbocycles. The first-order valence-electron chi connectivity index (χ1n) is 12.0. The van der Waals surface area contributed by atoms with Crippen LogP contribution in [0.1, 0.15) is 52.8 Å². The molecule has 0 atom stereocenters. The number of rotatable bonds is 4. The Hall–Kier alpha value is -3.55. The van der Waals surface area contributed by atoms with Crippen LogP contribution in [0.3, 0.4) is 0 Å². The van der Waals surface area contributed by atoms with Crippen LogP contribution in [0.5, 0.6) is 5.75 Å². The molecule has 2 fully saturated rings. The van der Waals surface area contributed by atoms with Crippen molar-refractivity contribution in [3.63, 3.8) is 0 Å². The van der Waals surface area contributed by atoms with Gasteiger partial charge in [0.2, 0.25) is 0 Å². The van der Waals surface area contributed by atoms with E-state index in [1.165, 1.54) is 4.90 Å². The van der Waals surface area contributed by atoms with Gasteiger partial charge in [-0.05, 0) is 43.2 Å². The molecule has 4 amide bonds. The van der Waals surface area contributed by atoms with Crippen molar-refractivity contribution in [1.82, 2.24) is 9.80 Å². The minimum atomic E-state index is -0.242. The topological polar surface area (TPSA) is 82.2 Å². The molecule has 2 heterocycles. The van der Waals surface area contributed by atoms with Crippen LogP contribution in [0, 0.1) is 0 Å². The third-order valence-corrected chi connectivity index (χ3v) is 7.10. The largest absolute Gasteiger partial charge is 0.495 e. The van der Waals surface area contributed by atoms with Crippen molar-refractivity contribution in [2.75, 3.05) is 43.5 Å². The monoisotopic (exact) mass is 462 g/mol. The first-order chi connectivity index (χ1) is 16.6. The third kappa shape index (κ3) is 4.08. The van der Waals surface area contributed by atoms with E-state index in [-0.39, 0.29) is 23.9 Å². The fourth-order valence-electron chi connectivity index (χ4n) is 5.25. The number of para-hydroxylation sites is 2. The Labute approximate surface area is 199 Å². The second kappa shape index (κ2) is 9.37. The van der Waals surface area contributed by atoms with Crippen LogP contribution in [0.15, 0.2) is 42.5 Å². The van der Waals surface area contributed by atoms with Gasteiger partial charge in [0.05, 0.1) is 23.9 Å². The maximum atomic E-state index is 13.0. The van der Waals surface area contributed by atoms with Crippen LogP contribution in [-0.2, 0) is 0 Å². The van der Waals surface area contributed by atoms with Crippen LogP contribution in [0.25, 0.3) is 0 Å². The molecule has 0 radical (unpaired) electrons. The van der Waals surface area contributed by atoms with Crippen molar-refractivity contribution in [1.29, 1.82) is 0 Å². The lowest BCUT2D eigenvalue weighted by Crippen LogP contribution is -2.50. The first-order valence-corrected chi connectivity index (χ1v) is 12.0. The summed E-state index contributed by atoms with van der Waals surface area (Å²) >= 11 is 0. The number of urea groups is 1. The number of benzene rings is 2. The van der Waals surface area contributed by atoms with Crippen LogP contribution in [0.2, 0.25) is 0 Å². The fourth-order valence-corrected chi connectivity index (χ4v) is 5.25. The Kier molecular flexibility index (Phi) is 6.13. The number of ether oxygens (including phenoxy) is 1. The number of anilines is 2. The lowest BCUT2D eigenvalue weighted by atomic mass is 9.94. The average Bonchev–Trinajstić information content (AvgIpc) is 3.13. The highest BCUT2D eigenvalue weighted by molar-refractivity contribution is 6.22. The van der Waals surface area contributed by atoms with E-state index >= 15 is 0 Å². The Balaban J connectivity index is 1.23. The normalized spacial score (nSPS) is 18.8. The van der Waals surface area contributed by atoms with Crippen molar-refractivity contribution in [3.05, 3.63) is 53.6 Å². The van der Waals surface area contributed by atoms with Gasteiger partial charge in [-0.1, -0.05) is 31.4 Å². The summed E-state index contributed by atoms with van der Waals surface area (Å²) in [6.45, 7) is 2.53. The molecular weight excluding hydrogens is 432 g/mol. The zero-order valence-electron chi connectivity index (χ0n) is 19.5. The van der Waals surface area contributed by atoms with Crippen molar-refractivity contribution in [3.8, 4) is 5.75 Å². The summed E-state index contributed by atoms with van der Waals surface area (Å²) in [4.78, 5) is 44.2. The Morgan fingerprint density at radius 2 is 1.62 bits per heavy atom. The van der Waals surface area contributed by atoms with E-state index in [4.69, 9.17) is 4.74 Å². The summed E-state index contributed by atoms with van der Waals surface area (Å²) in [6, 6.07) is 12.7. The van der Waals surface area contributed by atoms with E-state index in [1.54, 1.807) is 30.2 Å². The highest BCUT2D eigenvalue weighted by Crippen LogP contribution is 2.32. The zero-order chi connectivity index (χ0) is 23.7. The lowest BCUT2D eigenvalue weighted by molar-refractivity contribution is 0.0549. The number of hydrogen-bond acceptors (Lipinski definition) is 5. The summed E-state index contributed by atoms with van der Waals surface area (Å²) in [5, 5.41) is 2.91. The summed E-state index contributed by atoms with van der Waals surface area (Å²) in [7, 11) is 1.66. The molecule has 0 spiro atoms. The number of carbonyl (C=O) groups is 3. The summed E-state index contributed by atoms with van der Waals surface area (Å²) in [5.74, 6) is 0.366. The number of piperazine rings is 1. The molecule has 0 aromatic heterocycles. The van der Waals surface area contributed by atoms with Gasteiger partial charge in [0.25, 0.3) is 11.8 Å². The third-order valence-electron chi connectivity index (χ3n) is 7.10. The minimum absolute atomic E-state index is 0.0151. The van der Waals surface area contributed by atoms with E-state index in [1.807, 2.05) is 24.3 Å². The van der Waals surface area contributed by atoms with Crippen molar-refractivity contribution in [2.24, 2.45) is 0 Å². The van der Waals surface area contributed by atoms with Gasteiger partial charge >= 0.3 is 6.03 Å². The highest BCUT2D eigenvalue weighted by atomic mass is 16.5. The quantitative estimate of drug-likeness (QED) is 0.695. The number of hydrogen-bond donors (Lipinski definition) is 1. The second-order valence-electron chi connectivity index (χ2n) is 9.11. The van der Waals surface area contributed by atoms with Gasteiger partial charge in [0, 0.05) is 37.9 Å². The summed E-state index contributed by atoms with van der Waals surface area (Å²) < 4.78 is 5.46. The maximum absolute atomic E-state index is 13.0. The number of methoxy groups -OCH3 is 1. The predicted octanol–water partition coefficient (Wildman–Crippen LogP) is 3.98. The smallest absolute Gasteiger partial charge is 0.321 e. The second-order valence-corrected chi connectivity index (χ2v) is 9.11. The van der Waals surface area contributed by atoms with E-state index in [2.05, 4.69) is 10.2 Å². The van der Waals surface area contributed by atoms with Crippen LogP contribution in [-0.4, -0.2) is 67.0 Å². The molecular formula is C26H30N4O4. The van der Waals surface area contributed by atoms with Gasteiger partial charge in [0.15, 0.2) is 0 Å². The molecule has 1 N–H and O–H groups in total. The highest BCUT2D eigenvalue weighted by Gasteiger charge is 2.40. The molecule has 8 nitrogen and oxygen atoms in total. The number of fused-ring (bicyclic) bond motifs is 1. The summed E-state index contributed by atoms with van der Waals surface area (Å²) in [6.07, 6.45) is 4.99. The number of amides is 4. The molecule has 178 valence electrons. The molecule has 1 aliphatic carbocycles. The molecule has 2 aromatic carbocycles. The van der Waals surface area contributed by atoms with E-state index in [9.17, 15) is 14.4 Å². The molecule has 0 unspecified atom stereocenters. The van der Waals surface area contributed by atoms with Gasteiger partial charge in [-0.3, -0.25) is 14.5 Å². The average molecular weight is 463 g/mol. The Bertz CT molecular complexity index is 1100. The van der Waals surface area contributed by atoms with Crippen molar-refractivity contribution < 1.29 is 19.1 Å². The molecule has 0 bridgehead atoms. The number of imide groups is 1. The first kappa shape index (κ1) is 22.3. The van der Waals surface area contributed by atoms with Gasteiger partial charge < -0.3 is 19.9 Å². The fraction of sp³-hybridized carbons (Fsp3) is 0.423.